The maximum absolute atomic E-state index is 12.7. The van der Waals surface area contributed by atoms with Crippen LogP contribution >= 0.6 is 15.9 Å². The Balaban J connectivity index is 1.53. The van der Waals surface area contributed by atoms with Gasteiger partial charge in [-0.15, -0.1) is 0 Å². The van der Waals surface area contributed by atoms with Gasteiger partial charge in [0.15, 0.2) is 0 Å². The molecule has 2 aromatic rings. The molecule has 0 aliphatic heterocycles. The monoisotopic (exact) mass is 404 g/mol. The fourth-order valence-electron chi connectivity index (χ4n) is 2.87. The van der Waals surface area contributed by atoms with Gasteiger partial charge in [0.05, 0.1) is 12.3 Å². The lowest BCUT2D eigenvalue weighted by atomic mass is 10.2. The van der Waals surface area contributed by atoms with Gasteiger partial charge in [0.1, 0.15) is 5.76 Å². The lowest BCUT2D eigenvalue weighted by Gasteiger charge is -2.28. The Kier molecular flexibility index (Phi) is 5.58. The largest absolute Gasteiger partial charge is 0.467 e. The summed E-state index contributed by atoms with van der Waals surface area (Å²) >= 11 is 3.34. The maximum atomic E-state index is 12.7. The molecule has 1 aliphatic carbocycles. The minimum atomic E-state index is -0.169. The topological polar surface area (TPSA) is 62.6 Å². The summed E-state index contributed by atoms with van der Waals surface area (Å²) in [7, 11) is 0. The van der Waals surface area contributed by atoms with Gasteiger partial charge in [0, 0.05) is 29.0 Å². The zero-order valence-corrected chi connectivity index (χ0v) is 15.7. The highest BCUT2D eigenvalue weighted by Crippen LogP contribution is 2.34. The number of nitrogens with zero attached hydrogens (tertiary/aromatic N) is 1. The first-order chi connectivity index (χ1) is 12.1. The molecule has 1 aliphatic rings. The smallest absolute Gasteiger partial charge is 0.251 e. The molecule has 3 rings (SSSR count). The van der Waals surface area contributed by atoms with E-state index in [1.165, 1.54) is 0 Å². The van der Waals surface area contributed by atoms with E-state index >= 15 is 0 Å². The lowest BCUT2D eigenvalue weighted by molar-refractivity contribution is -0.134. The molecule has 0 saturated heterocycles. The summed E-state index contributed by atoms with van der Waals surface area (Å²) in [5.74, 6) is 0.666. The van der Waals surface area contributed by atoms with E-state index in [1.54, 1.807) is 18.4 Å². The second-order valence-corrected chi connectivity index (χ2v) is 7.15. The van der Waals surface area contributed by atoms with Crippen molar-refractivity contribution in [2.24, 2.45) is 0 Å². The van der Waals surface area contributed by atoms with Crippen LogP contribution in [0.15, 0.2) is 51.6 Å². The zero-order valence-electron chi connectivity index (χ0n) is 14.1. The Hall–Kier alpha value is -2.08. The van der Waals surface area contributed by atoms with Crippen LogP contribution in [0, 0.1) is 0 Å². The van der Waals surface area contributed by atoms with Gasteiger partial charge >= 0.3 is 0 Å². The highest BCUT2D eigenvalue weighted by molar-refractivity contribution is 9.10. The predicted molar refractivity (Wildman–Crippen MR) is 98.1 cm³/mol. The van der Waals surface area contributed by atoms with Crippen molar-refractivity contribution in [3.63, 3.8) is 0 Å². The first kappa shape index (κ1) is 17.7. The third-order valence-electron chi connectivity index (χ3n) is 4.33. The third-order valence-corrected chi connectivity index (χ3v) is 4.86. The van der Waals surface area contributed by atoms with E-state index in [2.05, 4.69) is 21.2 Å². The van der Waals surface area contributed by atoms with Crippen molar-refractivity contribution in [2.75, 3.05) is 6.54 Å². The molecular formula is C19H21BrN2O3. The third kappa shape index (κ3) is 4.51. The molecule has 132 valence electrons. The molecule has 1 atom stereocenters. The number of carbonyl (C=O) groups excluding carboxylic acids is 2. The van der Waals surface area contributed by atoms with Gasteiger partial charge in [-0.2, -0.15) is 0 Å². The van der Waals surface area contributed by atoms with E-state index in [0.29, 0.717) is 12.1 Å². The van der Waals surface area contributed by atoms with Crippen molar-refractivity contribution in [2.45, 2.75) is 38.3 Å². The van der Waals surface area contributed by atoms with Crippen LogP contribution in [0.2, 0.25) is 0 Å². The minimum absolute atomic E-state index is 0.0440. The van der Waals surface area contributed by atoms with Crippen molar-refractivity contribution < 1.29 is 14.0 Å². The molecule has 1 saturated carbocycles. The molecule has 1 aromatic heterocycles. The van der Waals surface area contributed by atoms with E-state index in [1.807, 2.05) is 36.1 Å². The summed E-state index contributed by atoms with van der Waals surface area (Å²) in [6.07, 6.45) is 3.97. The minimum Gasteiger partial charge on any atom is -0.467 e. The van der Waals surface area contributed by atoms with Crippen molar-refractivity contribution in [3.8, 4) is 0 Å². The molecule has 1 heterocycles. The van der Waals surface area contributed by atoms with Crippen molar-refractivity contribution >= 4 is 27.7 Å². The Morgan fingerprint density at radius 2 is 2.00 bits per heavy atom. The Morgan fingerprint density at radius 1 is 1.28 bits per heavy atom. The Labute approximate surface area is 155 Å². The molecular weight excluding hydrogens is 384 g/mol. The maximum Gasteiger partial charge on any atom is 0.251 e. The Bertz CT molecular complexity index is 724. The number of carbonyl (C=O) groups is 2. The van der Waals surface area contributed by atoms with Crippen LogP contribution in [0.3, 0.4) is 0 Å². The van der Waals surface area contributed by atoms with Crippen LogP contribution < -0.4 is 5.32 Å². The molecule has 1 fully saturated rings. The van der Waals surface area contributed by atoms with Gasteiger partial charge in [-0.3, -0.25) is 9.59 Å². The molecule has 0 radical (unpaired) electrons. The van der Waals surface area contributed by atoms with Crippen molar-refractivity contribution in [1.82, 2.24) is 10.2 Å². The lowest BCUT2D eigenvalue weighted by Crippen LogP contribution is -2.37. The molecule has 1 N–H and O–H groups in total. The van der Waals surface area contributed by atoms with E-state index in [9.17, 15) is 9.59 Å². The van der Waals surface area contributed by atoms with Gasteiger partial charge in [-0.1, -0.05) is 15.9 Å². The van der Waals surface area contributed by atoms with Crippen LogP contribution in [-0.2, 0) is 4.79 Å². The summed E-state index contributed by atoms with van der Waals surface area (Å²) in [4.78, 5) is 26.7. The van der Waals surface area contributed by atoms with E-state index in [4.69, 9.17) is 4.42 Å². The van der Waals surface area contributed by atoms with Crippen LogP contribution in [0.4, 0.5) is 0 Å². The fourth-order valence-corrected chi connectivity index (χ4v) is 3.13. The summed E-state index contributed by atoms with van der Waals surface area (Å²) in [6, 6.07) is 11.1. The van der Waals surface area contributed by atoms with Gasteiger partial charge in [0.25, 0.3) is 5.91 Å². The van der Waals surface area contributed by atoms with Crippen molar-refractivity contribution in [3.05, 3.63) is 58.5 Å². The number of amides is 2. The number of rotatable bonds is 7. The van der Waals surface area contributed by atoms with Gasteiger partial charge in [0.2, 0.25) is 5.91 Å². The summed E-state index contributed by atoms with van der Waals surface area (Å²) in [6.45, 7) is 2.30. The molecule has 0 bridgehead atoms. The number of hydrogen-bond donors (Lipinski definition) is 1. The normalized spacial score (nSPS) is 14.8. The van der Waals surface area contributed by atoms with E-state index in [0.717, 1.165) is 23.1 Å². The first-order valence-electron chi connectivity index (χ1n) is 8.44. The second kappa shape index (κ2) is 7.87. The second-order valence-electron chi connectivity index (χ2n) is 6.24. The summed E-state index contributed by atoms with van der Waals surface area (Å²) in [5.41, 5.74) is 0.582. The summed E-state index contributed by atoms with van der Waals surface area (Å²) in [5, 5.41) is 2.81. The molecule has 0 spiro atoms. The standard InChI is InChI=1S/C19H21BrN2O3/c1-13(17-3-2-12-25-17)22(16-8-9-16)18(23)10-11-21-19(24)14-4-6-15(20)7-5-14/h2-7,12-13,16H,8-11H2,1H3,(H,21,24). The highest BCUT2D eigenvalue weighted by Gasteiger charge is 2.36. The average Bonchev–Trinajstić information content (AvgIpc) is 3.26. The van der Waals surface area contributed by atoms with Gasteiger partial charge < -0.3 is 14.6 Å². The first-order valence-corrected chi connectivity index (χ1v) is 9.24. The molecule has 1 unspecified atom stereocenters. The SMILES string of the molecule is CC(c1ccco1)N(C(=O)CCNC(=O)c1ccc(Br)cc1)C1CC1. The Morgan fingerprint density at radius 3 is 2.60 bits per heavy atom. The zero-order chi connectivity index (χ0) is 17.8. The highest BCUT2D eigenvalue weighted by atomic mass is 79.9. The number of benzene rings is 1. The molecule has 2 amide bonds. The molecule has 25 heavy (non-hydrogen) atoms. The predicted octanol–water partition coefficient (Wildman–Crippen LogP) is 3.91. The number of nitrogens with one attached hydrogen (secondary N) is 1. The van der Waals surface area contributed by atoms with Crippen molar-refractivity contribution in [1.29, 1.82) is 0 Å². The quantitative estimate of drug-likeness (QED) is 0.760. The molecule has 6 heteroatoms. The van der Waals surface area contributed by atoms with Crippen LogP contribution in [0.25, 0.3) is 0 Å². The van der Waals surface area contributed by atoms with Gasteiger partial charge in [-0.25, -0.2) is 0 Å². The molecule has 1 aromatic carbocycles. The molecule has 5 nitrogen and oxygen atoms in total. The average molecular weight is 405 g/mol. The fraction of sp³-hybridized carbons (Fsp3) is 0.368. The number of hydrogen-bond acceptors (Lipinski definition) is 3. The van der Waals surface area contributed by atoms with Crippen LogP contribution in [-0.4, -0.2) is 29.3 Å². The van der Waals surface area contributed by atoms with E-state index in [-0.39, 0.29) is 30.3 Å². The van der Waals surface area contributed by atoms with Crippen LogP contribution in [0.1, 0.15) is 48.3 Å². The van der Waals surface area contributed by atoms with Crippen LogP contribution in [0.5, 0.6) is 0 Å². The van der Waals surface area contributed by atoms with Gasteiger partial charge in [-0.05, 0) is 56.2 Å². The number of halogens is 1. The summed E-state index contributed by atoms with van der Waals surface area (Å²) < 4.78 is 6.37. The van der Waals surface area contributed by atoms with E-state index < -0.39 is 0 Å². The number of furan rings is 1.